The van der Waals surface area contributed by atoms with E-state index in [-0.39, 0.29) is 11.3 Å². The zero-order valence-corrected chi connectivity index (χ0v) is 15.0. The Morgan fingerprint density at radius 1 is 0.963 bits per heavy atom. The van der Waals surface area contributed by atoms with Gasteiger partial charge in [-0.05, 0) is 23.8 Å². The van der Waals surface area contributed by atoms with Crippen LogP contribution >= 0.6 is 11.6 Å². The molecule has 4 aromatic rings. The van der Waals surface area contributed by atoms with Crippen LogP contribution in [-0.4, -0.2) is 19.9 Å². The molecule has 2 aromatic carbocycles. The molecule has 2 heterocycles. The molecule has 0 unspecified atom stereocenters. The Labute approximate surface area is 159 Å². The lowest BCUT2D eigenvalue weighted by Crippen LogP contribution is -2.25. The number of ketones is 1. The van der Waals surface area contributed by atoms with Crippen LogP contribution in [-0.2, 0) is 13.1 Å². The van der Waals surface area contributed by atoms with Gasteiger partial charge in [-0.2, -0.15) is 0 Å². The fourth-order valence-corrected chi connectivity index (χ4v) is 3.98. The van der Waals surface area contributed by atoms with E-state index >= 15 is 0 Å². The number of para-hydroxylation sites is 1. The van der Waals surface area contributed by atoms with Gasteiger partial charge in [0.25, 0.3) is 5.56 Å². The van der Waals surface area contributed by atoms with Gasteiger partial charge in [0.2, 0.25) is 0 Å². The molecule has 0 fully saturated rings. The van der Waals surface area contributed by atoms with Crippen LogP contribution in [0.4, 0.5) is 0 Å². The number of nitrogens with zero attached hydrogens (tertiary/aromatic N) is 3. The minimum atomic E-state index is -0.154. The minimum absolute atomic E-state index is 0.141. The van der Waals surface area contributed by atoms with Crippen LogP contribution in [0.3, 0.4) is 0 Å². The average Bonchev–Trinajstić information content (AvgIpc) is 3.29. The smallest absolute Gasteiger partial charge is 0.259 e. The molecule has 5 rings (SSSR count). The molecule has 0 spiro atoms. The summed E-state index contributed by atoms with van der Waals surface area (Å²) in [6.45, 7) is 1.10. The number of aromatic nitrogens is 3. The first kappa shape index (κ1) is 16.0. The molecule has 132 valence electrons. The number of imidazole rings is 1. The summed E-state index contributed by atoms with van der Waals surface area (Å²) in [4.78, 5) is 30.5. The number of aryl methyl sites for hydroxylation is 2. The molecule has 1 aliphatic rings. The monoisotopic (exact) mass is 375 g/mol. The van der Waals surface area contributed by atoms with Crippen molar-refractivity contribution in [1.82, 2.24) is 14.1 Å². The summed E-state index contributed by atoms with van der Waals surface area (Å²) < 4.78 is 3.67. The minimum Gasteiger partial charge on any atom is -0.336 e. The second-order valence-corrected chi connectivity index (χ2v) is 6.98. The van der Waals surface area contributed by atoms with Gasteiger partial charge in [0, 0.05) is 47.0 Å². The van der Waals surface area contributed by atoms with Gasteiger partial charge in [-0.1, -0.05) is 35.9 Å². The van der Waals surface area contributed by atoms with Crippen molar-refractivity contribution < 1.29 is 4.79 Å². The summed E-state index contributed by atoms with van der Waals surface area (Å²) in [6.07, 6.45) is 5.30. The van der Waals surface area contributed by atoms with Crippen molar-refractivity contribution in [3.63, 3.8) is 0 Å². The fourth-order valence-electron chi connectivity index (χ4n) is 3.81. The van der Waals surface area contributed by atoms with E-state index in [1.165, 1.54) is 0 Å². The van der Waals surface area contributed by atoms with Crippen LogP contribution in [0.1, 0.15) is 15.9 Å². The lowest BCUT2D eigenvalue weighted by atomic mass is 10.0. The van der Waals surface area contributed by atoms with Crippen molar-refractivity contribution >= 4 is 28.3 Å². The Bertz CT molecular complexity index is 1270. The van der Waals surface area contributed by atoms with Crippen LogP contribution in [0, 0.1) is 0 Å². The van der Waals surface area contributed by atoms with Gasteiger partial charge in [-0.25, -0.2) is 4.98 Å². The standard InChI is InChI=1S/C21H14ClN3O2/c22-13-5-6-14-16(11-13)20(26)18-15-3-1-2-4-17(15)25(21(27)19(14)18)10-9-24-8-7-23-12-24/h1-8,11-12H,9-10H2. The van der Waals surface area contributed by atoms with Crippen LogP contribution in [0.25, 0.3) is 22.0 Å². The predicted molar refractivity (Wildman–Crippen MR) is 104 cm³/mol. The quantitative estimate of drug-likeness (QED) is 0.482. The maximum atomic E-state index is 13.4. The Morgan fingerprint density at radius 2 is 1.81 bits per heavy atom. The molecule has 0 aliphatic heterocycles. The van der Waals surface area contributed by atoms with Crippen LogP contribution in [0.15, 0.2) is 66.0 Å². The van der Waals surface area contributed by atoms with E-state index in [1.807, 2.05) is 35.0 Å². The number of fused-ring (bicyclic) bond motifs is 5. The van der Waals surface area contributed by atoms with Crippen molar-refractivity contribution in [3.05, 3.63) is 87.7 Å². The Balaban J connectivity index is 1.78. The third-order valence-corrected chi connectivity index (χ3v) is 5.27. The molecule has 0 atom stereocenters. The van der Waals surface area contributed by atoms with Gasteiger partial charge >= 0.3 is 0 Å². The van der Waals surface area contributed by atoms with Crippen molar-refractivity contribution in [3.8, 4) is 11.1 Å². The highest BCUT2D eigenvalue weighted by Crippen LogP contribution is 2.39. The number of hydrogen-bond acceptors (Lipinski definition) is 3. The second kappa shape index (κ2) is 5.93. The summed E-state index contributed by atoms with van der Waals surface area (Å²) in [5.74, 6) is -0.141. The molecule has 0 radical (unpaired) electrons. The van der Waals surface area contributed by atoms with E-state index in [0.717, 1.165) is 10.9 Å². The lowest BCUT2D eigenvalue weighted by molar-refractivity contribution is 0.104. The first-order valence-corrected chi connectivity index (χ1v) is 8.99. The van der Waals surface area contributed by atoms with Gasteiger partial charge in [0.1, 0.15) is 0 Å². The number of pyridine rings is 1. The third-order valence-electron chi connectivity index (χ3n) is 5.04. The fraction of sp³-hybridized carbons (Fsp3) is 0.0952. The van der Waals surface area contributed by atoms with E-state index < -0.39 is 0 Å². The van der Waals surface area contributed by atoms with E-state index in [1.54, 1.807) is 35.3 Å². The van der Waals surface area contributed by atoms with Gasteiger partial charge in [-0.3, -0.25) is 9.59 Å². The molecule has 0 amide bonds. The summed E-state index contributed by atoms with van der Waals surface area (Å²) in [5, 5.41) is 1.27. The molecule has 27 heavy (non-hydrogen) atoms. The highest BCUT2D eigenvalue weighted by Gasteiger charge is 2.32. The molecule has 0 N–H and O–H groups in total. The first-order chi connectivity index (χ1) is 13.1. The molecule has 1 aliphatic carbocycles. The maximum Gasteiger partial charge on any atom is 0.259 e. The van der Waals surface area contributed by atoms with Crippen LogP contribution in [0.2, 0.25) is 5.02 Å². The summed E-state index contributed by atoms with van der Waals surface area (Å²) in [7, 11) is 0. The number of hydrogen-bond donors (Lipinski definition) is 0. The van der Waals surface area contributed by atoms with E-state index in [9.17, 15) is 9.59 Å². The number of carbonyl (C=O) groups is 1. The van der Waals surface area contributed by atoms with Gasteiger partial charge in [0.15, 0.2) is 5.78 Å². The number of carbonyl (C=O) groups excluding carboxylic acids is 1. The van der Waals surface area contributed by atoms with Crippen LogP contribution in [0.5, 0.6) is 0 Å². The van der Waals surface area contributed by atoms with Crippen molar-refractivity contribution in [2.75, 3.05) is 0 Å². The lowest BCUT2D eigenvalue weighted by Gasteiger charge is -2.14. The zero-order valence-electron chi connectivity index (χ0n) is 14.2. The van der Waals surface area contributed by atoms with Crippen molar-refractivity contribution in [2.45, 2.75) is 13.1 Å². The normalized spacial score (nSPS) is 12.4. The highest BCUT2D eigenvalue weighted by molar-refractivity contribution is 6.33. The Kier molecular flexibility index (Phi) is 3.52. The van der Waals surface area contributed by atoms with Gasteiger partial charge in [-0.15, -0.1) is 0 Å². The second-order valence-electron chi connectivity index (χ2n) is 6.54. The topological polar surface area (TPSA) is 56.9 Å². The Hall–Kier alpha value is -3.18. The zero-order chi connectivity index (χ0) is 18.5. The number of halogens is 1. The highest BCUT2D eigenvalue weighted by atomic mass is 35.5. The van der Waals surface area contributed by atoms with E-state index in [0.29, 0.717) is 40.4 Å². The van der Waals surface area contributed by atoms with Gasteiger partial charge < -0.3 is 9.13 Å². The van der Waals surface area contributed by atoms with E-state index in [2.05, 4.69) is 4.98 Å². The van der Waals surface area contributed by atoms with E-state index in [4.69, 9.17) is 11.6 Å². The summed E-state index contributed by atoms with van der Waals surface area (Å²) in [6, 6.07) is 12.7. The molecule has 0 saturated carbocycles. The van der Waals surface area contributed by atoms with Crippen LogP contribution < -0.4 is 5.56 Å². The number of rotatable bonds is 3. The Morgan fingerprint density at radius 3 is 2.63 bits per heavy atom. The SMILES string of the molecule is O=C1c2cc(Cl)ccc2-c2c1c1ccccc1n(CCn1ccnc1)c2=O. The number of benzene rings is 2. The molecule has 2 aromatic heterocycles. The molecular formula is C21H14ClN3O2. The molecule has 5 nitrogen and oxygen atoms in total. The van der Waals surface area contributed by atoms with Crippen molar-refractivity contribution in [2.24, 2.45) is 0 Å². The predicted octanol–water partition coefficient (Wildman–Crippen LogP) is 3.76. The molecule has 0 bridgehead atoms. The maximum absolute atomic E-state index is 13.4. The first-order valence-electron chi connectivity index (χ1n) is 8.61. The third kappa shape index (κ3) is 2.35. The summed E-state index contributed by atoms with van der Waals surface area (Å²) >= 11 is 6.08. The average molecular weight is 376 g/mol. The van der Waals surface area contributed by atoms with Crippen molar-refractivity contribution in [1.29, 1.82) is 0 Å². The largest absolute Gasteiger partial charge is 0.336 e. The van der Waals surface area contributed by atoms with Gasteiger partial charge in [0.05, 0.1) is 17.4 Å². The molecule has 0 saturated heterocycles. The molecular weight excluding hydrogens is 362 g/mol. The summed E-state index contributed by atoms with van der Waals surface area (Å²) in [5.41, 5.74) is 2.70. The molecule has 6 heteroatoms.